The molecule has 4 rings (SSSR count). The topological polar surface area (TPSA) is 42.0 Å². The number of rotatable bonds is 4. The predicted molar refractivity (Wildman–Crippen MR) is 100 cm³/mol. The van der Waals surface area contributed by atoms with Crippen molar-refractivity contribution in [1.29, 1.82) is 0 Å². The second kappa shape index (κ2) is 7.57. The van der Waals surface area contributed by atoms with E-state index in [-0.39, 0.29) is 11.3 Å². The molecule has 0 N–H and O–H groups in total. The zero-order valence-corrected chi connectivity index (χ0v) is 15.8. The molecule has 1 aliphatic carbocycles. The van der Waals surface area contributed by atoms with Gasteiger partial charge in [0.1, 0.15) is 5.75 Å². The Morgan fingerprint density at radius 1 is 1.27 bits per heavy atom. The zero-order chi connectivity index (χ0) is 18.0. The standard InChI is InChI=1S/C21H30N2O3/c1-25-18-5-2-4-17(14-18)15-22-9-8-21(16-22)7-3-6-19(21)20(24)23-10-12-26-13-11-23/h2,4-5,14,19H,3,6-13,15-16H2,1H3/t19-,21+/m0/s1. The van der Waals surface area contributed by atoms with Gasteiger partial charge < -0.3 is 14.4 Å². The van der Waals surface area contributed by atoms with Crippen LogP contribution in [0.3, 0.4) is 0 Å². The van der Waals surface area contributed by atoms with Crippen LogP contribution < -0.4 is 4.74 Å². The van der Waals surface area contributed by atoms with E-state index in [0.29, 0.717) is 19.1 Å². The summed E-state index contributed by atoms with van der Waals surface area (Å²) in [5.74, 6) is 1.50. The first-order valence-corrected chi connectivity index (χ1v) is 9.92. The monoisotopic (exact) mass is 358 g/mol. The summed E-state index contributed by atoms with van der Waals surface area (Å²) in [6.45, 7) is 5.98. The Bertz CT molecular complexity index is 644. The van der Waals surface area contributed by atoms with E-state index < -0.39 is 0 Å². The third-order valence-corrected chi connectivity index (χ3v) is 6.53. The molecule has 0 unspecified atom stereocenters. The summed E-state index contributed by atoms with van der Waals surface area (Å²) in [4.78, 5) is 17.7. The molecule has 2 heterocycles. The first-order chi connectivity index (χ1) is 12.7. The van der Waals surface area contributed by atoms with Crippen molar-refractivity contribution in [3.8, 4) is 5.75 Å². The number of carbonyl (C=O) groups excluding carboxylic acids is 1. The highest BCUT2D eigenvalue weighted by Crippen LogP contribution is 2.50. The number of amides is 1. The van der Waals surface area contributed by atoms with E-state index in [9.17, 15) is 4.79 Å². The van der Waals surface area contributed by atoms with Crippen molar-refractivity contribution >= 4 is 5.91 Å². The Kier molecular flexibility index (Phi) is 5.18. The quantitative estimate of drug-likeness (QED) is 0.830. The summed E-state index contributed by atoms with van der Waals surface area (Å²) in [7, 11) is 1.71. The molecule has 1 aromatic carbocycles. The number of likely N-dealkylation sites (tertiary alicyclic amines) is 1. The van der Waals surface area contributed by atoms with E-state index in [4.69, 9.17) is 9.47 Å². The van der Waals surface area contributed by atoms with Crippen molar-refractivity contribution in [1.82, 2.24) is 9.80 Å². The van der Waals surface area contributed by atoms with Gasteiger partial charge in [-0.2, -0.15) is 0 Å². The van der Waals surface area contributed by atoms with Crippen LogP contribution in [-0.2, 0) is 16.1 Å². The third-order valence-electron chi connectivity index (χ3n) is 6.53. The Morgan fingerprint density at radius 3 is 2.92 bits per heavy atom. The number of carbonyl (C=O) groups is 1. The van der Waals surface area contributed by atoms with Gasteiger partial charge in [0, 0.05) is 32.1 Å². The van der Waals surface area contributed by atoms with Gasteiger partial charge >= 0.3 is 0 Å². The maximum atomic E-state index is 13.1. The van der Waals surface area contributed by atoms with Crippen molar-refractivity contribution in [2.75, 3.05) is 46.5 Å². The van der Waals surface area contributed by atoms with Crippen LogP contribution >= 0.6 is 0 Å². The summed E-state index contributed by atoms with van der Waals surface area (Å²) in [6, 6.07) is 8.33. The lowest BCUT2D eigenvalue weighted by Crippen LogP contribution is -2.47. The Hall–Kier alpha value is -1.59. The van der Waals surface area contributed by atoms with Gasteiger partial charge in [-0.3, -0.25) is 9.69 Å². The number of ether oxygens (including phenoxy) is 2. The maximum absolute atomic E-state index is 13.1. The van der Waals surface area contributed by atoms with Crippen LogP contribution in [0.5, 0.6) is 5.75 Å². The first-order valence-electron chi connectivity index (χ1n) is 9.92. The fraction of sp³-hybridized carbons (Fsp3) is 0.667. The number of benzene rings is 1. The fourth-order valence-electron chi connectivity index (χ4n) is 5.16. The molecular weight excluding hydrogens is 328 g/mol. The van der Waals surface area contributed by atoms with E-state index in [2.05, 4.69) is 23.1 Å². The second-order valence-electron chi connectivity index (χ2n) is 8.06. The molecule has 3 aliphatic rings. The molecule has 0 radical (unpaired) electrons. The molecule has 26 heavy (non-hydrogen) atoms. The molecule has 0 bridgehead atoms. The molecule has 2 aliphatic heterocycles. The lowest BCUT2D eigenvalue weighted by atomic mass is 9.76. The molecular formula is C21H30N2O3. The minimum absolute atomic E-state index is 0.189. The molecule has 3 fully saturated rings. The molecule has 1 amide bonds. The van der Waals surface area contributed by atoms with E-state index in [0.717, 1.165) is 51.3 Å². The molecule has 142 valence electrons. The third kappa shape index (κ3) is 3.47. The van der Waals surface area contributed by atoms with Crippen LogP contribution in [0.1, 0.15) is 31.2 Å². The summed E-state index contributed by atoms with van der Waals surface area (Å²) in [6.07, 6.45) is 4.59. The van der Waals surface area contributed by atoms with Gasteiger partial charge in [-0.25, -0.2) is 0 Å². The van der Waals surface area contributed by atoms with Gasteiger partial charge in [-0.1, -0.05) is 18.6 Å². The highest BCUT2D eigenvalue weighted by molar-refractivity contribution is 5.80. The van der Waals surface area contributed by atoms with E-state index in [1.807, 2.05) is 11.0 Å². The van der Waals surface area contributed by atoms with E-state index >= 15 is 0 Å². The van der Waals surface area contributed by atoms with Crippen molar-refractivity contribution in [2.45, 2.75) is 32.2 Å². The van der Waals surface area contributed by atoms with Gasteiger partial charge in [0.2, 0.25) is 5.91 Å². The van der Waals surface area contributed by atoms with Gasteiger partial charge in [0.25, 0.3) is 0 Å². The van der Waals surface area contributed by atoms with Gasteiger partial charge in [-0.15, -0.1) is 0 Å². The van der Waals surface area contributed by atoms with Gasteiger partial charge in [0.05, 0.1) is 20.3 Å². The number of hydrogen-bond donors (Lipinski definition) is 0. The number of hydrogen-bond acceptors (Lipinski definition) is 4. The Morgan fingerprint density at radius 2 is 2.12 bits per heavy atom. The number of nitrogens with zero attached hydrogens (tertiary/aromatic N) is 2. The molecule has 5 heteroatoms. The minimum atomic E-state index is 0.189. The molecule has 1 saturated carbocycles. The van der Waals surface area contributed by atoms with Gasteiger partial charge in [0.15, 0.2) is 0 Å². The van der Waals surface area contributed by atoms with Gasteiger partial charge in [-0.05, 0) is 48.9 Å². The summed E-state index contributed by atoms with van der Waals surface area (Å²) in [5, 5.41) is 0. The molecule has 1 aromatic rings. The average molecular weight is 358 g/mol. The number of morpholine rings is 1. The summed E-state index contributed by atoms with van der Waals surface area (Å²) < 4.78 is 10.8. The highest BCUT2D eigenvalue weighted by Gasteiger charge is 2.51. The highest BCUT2D eigenvalue weighted by atomic mass is 16.5. The smallest absolute Gasteiger partial charge is 0.226 e. The Balaban J connectivity index is 1.42. The van der Waals surface area contributed by atoms with Crippen LogP contribution in [0.2, 0.25) is 0 Å². The van der Waals surface area contributed by atoms with Crippen molar-refractivity contribution in [3.05, 3.63) is 29.8 Å². The van der Waals surface area contributed by atoms with Crippen LogP contribution in [0, 0.1) is 11.3 Å². The summed E-state index contributed by atoms with van der Waals surface area (Å²) in [5.41, 5.74) is 1.48. The normalized spacial score (nSPS) is 29.4. The largest absolute Gasteiger partial charge is 0.497 e. The number of methoxy groups -OCH3 is 1. The average Bonchev–Trinajstić information content (AvgIpc) is 3.29. The maximum Gasteiger partial charge on any atom is 0.226 e. The SMILES string of the molecule is COc1cccc(CN2CC[C@]3(CCC[C@H]3C(=O)N3CCOCC3)C2)c1. The predicted octanol–water partition coefficient (Wildman–Crippen LogP) is 2.55. The minimum Gasteiger partial charge on any atom is -0.497 e. The Labute approximate surface area is 156 Å². The van der Waals surface area contributed by atoms with Crippen molar-refractivity contribution in [3.63, 3.8) is 0 Å². The van der Waals surface area contributed by atoms with E-state index in [1.165, 1.54) is 18.4 Å². The van der Waals surface area contributed by atoms with Crippen LogP contribution in [0.4, 0.5) is 0 Å². The second-order valence-corrected chi connectivity index (χ2v) is 8.06. The lowest BCUT2D eigenvalue weighted by molar-refractivity contribution is -0.143. The zero-order valence-electron chi connectivity index (χ0n) is 15.8. The molecule has 0 aromatic heterocycles. The lowest BCUT2D eigenvalue weighted by Gasteiger charge is -2.36. The van der Waals surface area contributed by atoms with Crippen molar-refractivity contribution < 1.29 is 14.3 Å². The molecule has 5 nitrogen and oxygen atoms in total. The molecule has 2 atom stereocenters. The molecule has 1 spiro atoms. The van der Waals surface area contributed by atoms with E-state index in [1.54, 1.807) is 7.11 Å². The first kappa shape index (κ1) is 17.8. The van der Waals surface area contributed by atoms with Crippen LogP contribution in [0.25, 0.3) is 0 Å². The summed E-state index contributed by atoms with van der Waals surface area (Å²) >= 11 is 0. The van der Waals surface area contributed by atoms with Crippen LogP contribution in [-0.4, -0.2) is 62.2 Å². The fourth-order valence-corrected chi connectivity index (χ4v) is 5.16. The van der Waals surface area contributed by atoms with Crippen LogP contribution in [0.15, 0.2) is 24.3 Å². The van der Waals surface area contributed by atoms with Crippen molar-refractivity contribution in [2.24, 2.45) is 11.3 Å². The molecule has 2 saturated heterocycles.